The van der Waals surface area contributed by atoms with Gasteiger partial charge in [-0.05, 0) is 12.1 Å². The van der Waals surface area contributed by atoms with Gasteiger partial charge in [-0.2, -0.15) is 0 Å². The number of rotatable bonds is 10. The number of thioether (sulfide) groups is 1. The average molecular weight is 627 g/mol. The Morgan fingerprint density at radius 2 is 1.98 bits per heavy atom. The summed E-state index contributed by atoms with van der Waals surface area (Å²) in [5.41, 5.74) is 5.22. The molecule has 0 aliphatic carbocycles. The summed E-state index contributed by atoms with van der Waals surface area (Å²) >= 11 is 2.22. The van der Waals surface area contributed by atoms with Crippen molar-refractivity contribution in [3.63, 3.8) is 0 Å². The van der Waals surface area contributed by atoms with E-state index in [1.165, 1.54) is 23.2 Å². The van der Waals surface area contributed by atoms with Crippen LogP contribution in [0.3, 0.4) is 0 Å². The van der Waals surface area contributed by atoms with E-state index >= 15 is 0 Å². The van der Waals surface area contributed by atoms with Gasteiger partial charge in [0.1, 0.15) is 17.1 Å². The number of nitrogens with zero attached hydrogens (tertiary/aromatic N) is 4. The normalized spacial score (nSPS) is 18.8. The summed E-state index contributed by atoms with van der Waals surface area (Å²) < 4.78 is 1.76. The topological polar surface area (TPSA) is 232 Å². The van der Waals surface area contributed by atoms with Crippen LogP contribution in [0.4, 0.5) is 5.13 Å². The van der Waals surface area contributed by atoms with Gasteiger partial charge < -0.3 is 41.1 Å². The second-order valence-corrected chi connectivity index (χ2v) is 11.2. The third-order valence-electron chi connectivity index (χ3n) is 6.43. The Morgan fingerprint density at radius 1 is 1.23 bits per heavy atom. The molecule has 1 saturated heterocycles. The number of aliphatic carboxylic acids is 2. The Labute approximate surface area is 250 Å². The highest BCUT2D eigenvalue weighted by Gasteiger charge is 2.53. The van der Waals surface area contributed by atoms with Crippen LogP contribution in [0.1, 0.15) is 17.4 Å². The Bertz CT molecular complexity index is 1680. The molecule has 222 valence electrons. The lowest BCUT2D eigenvalue weighted by Crippen LogP contribution is -2.71. The molecule has 2 aliphatic rings. The van der Waals surface area contributed by atoms with Gasteiger partial charge in [-0.25, -0.2) is 14.3 Å². The van der Waals surface area contributed by atoms with E-state index in [1.54, 1.807) is 29.1 Å². The van der Waals surface area contributed by atoms with Gasteiger partial charge in [-0.1, -0.05) is 17.3 Å². The van der Waals surface area contributed by atoms with E-state index < -0.39 is 58.5 Å². The summed E-state index contributed by atoms with van der Waals surface area (Å²) in [7, 11) is 0. The van der Waals surface area contributed by atoms with Crippen LogP contribution in [0.2, 0.25) is 0 Å². The van der Waals surface area contributed by atoms with Crippen LogP contribution in [0.5, 0.6) is 11.5 Å². The molecular weight excluding hydrogens is 604 g/mol. The molecule has 0 saturated carbocycles. The number of anilines is 1. The predicted molar refractivity (Wildman–Crippen MR) is 148 cm³/mol. The number of carboxylic acids is 2. The molecule has 1 fully saturated rings. The number of carboxylic acid groups (broad SMARTS) is 2. The number of fused-ring (bicyclic) bond motifs is 1. The lowest BCUT2D eigenvalue weighted by Gasteiger charge is -2.50. The van der Waals surface area contributed by atoms with E-state index in [4.69, 9.17) is 10.6 Å². The molecule has 1 aromatic carbocycles. The van der Waals surface area contributed by atoms with Gasteiger partial charge in [0.05, 0.1) is 11.7 Å². The molecule has 43 heavy (non-hydrogen) atoms. The molecule has 2 amide bonds. The van der Waals surface area contributed by atoms with E-state index in [1.807, 2.05) is 6.07 Å². The Morgan fingerprint density at radius 3 is 2.60 bits per heavy atom. The molecule has 5 rings (SSSR count). The van der Waals surface area contributed by atoms with Gasteiger partial charge in [-0.3, -0.25) is 14.5 Å². The van der Waals surface area contributed by atoms with E-state index in [0.29, 0.717) is 5.57 Å². The second-order valence-electron chi connectivity index (χ2n) is 9.23. The number of nitrogen functional groups attached to an aromatic ring is 1. The molecule has 0 spiro atoms. The van der Waals surface area contributed by atoms with Gasteiger partial charge in [0, 0.05) is 34.4 Å². The van der Waals surface area contributed by atoms with Crippen molar-refractivity contribution >= 4 is 57.7 Å². The minimum atomic E-state index is -1.81. The molecule has 6 N–H and O–H groups in total. The highest BCUT2D eigenvalue weighted by Crippen LogP contribution is 2.40. The van der Waals surface area contributed by atoms with Crippen LogP contribution >= 0.6 is 23.1 Å². The van der Waals surface area contributed by atoms with Gasteiger partial charge in [0.25, 0.3) is 11.8 Å². The van der Waals surface area contributed by atoms with Crippen LogP contribution in [0.25, 0.3) is 0 Å². The summed E-state index contributed by atoms with van der Waals surface area (Å²) in [6.45, 7) is 0.216. The molecule has 2 aromatic heterocycles. The quantitative estimate of drug-likeness (QED) is 0.0604. The Hall–Kier alpha value is -5.16. The lowest BCUT2D eigenvalue weighted by atomic mass is 10.0. The van der Waals surface area contributed by atoms with Crippen molar-refractivity contribution in [2.24, 2.45) is 5.16 Å². The third-order valence-corrected chi connectivity index (χ3v) is 8.45. The number of pyridine rings is 1. The van der Waals surface area contributed by atoms with E-state index in [0.717, 1.165) is 28.4 Å². The predicted octanol–water partition coefficient (Wildman–Crippen LogP) is -0.925. The van der Waals surface area contributed by atoms with E-state index in [-0.39, 0.29) is 34.4 Å². The summed E-state index contributed by atoms with van der Waals surface area (Å²) in [5.74, 6) is -5.55. The minimum Gasteiger partial charge on any atom is -0.543 e. The van der Waals surface area contributed by atoms with Crippen LogP contribution in [0, 0.1) is 0 Å². The number of hydrogen-bond donors (Lipinski definition) is 5. The first-order chi connectivity index (χ1) is 20.5. The van der Waals surface area contributed by atoms with Crippen LogP contribution in [-0.2, 0) is 30.6 Å². The number of hydrogen-bond acceptors (Lipinski definition) is 13. The molecule has 17 heteroatoms. The van der Waals surface area contributed by atoms with Gasteiger partial charge in [-0.15, -0.1) is 23.1 Å². The molecule has 0 radical (unpaired) electrons. The highest BCUT2D eigenvalue weighted by molar-refractivity contribution is 8.00. The molecular formula is C26H22N6O9S2. The van der Waals surface area contributed by atoms with Crippen molar-refractivity contribution in [1.29, 1.82) is 0 Å². The lowest BCUT2D eigenvalue weighted by molar-refractivity contribution is -0.689. The maximum absolute atomic E-state index is 13.4. The van der Waals surface area contributed by atoms with Crippen LogP contribution in [0.15, 0.2) is 70.6 Å². The number of aromatic hydroxyl groups is 2. The maximum atomic E-state index is 13.4. The number of amides is 2. The highest BCUT2D eigenvalue weighted by atomic mass is 32.2. The van der Waals surface area contributed by atoms with Gasteiger partial charge >= 0.3 is 5.97 Å². The monoisotopic (exact) mass is 626 g/mol. The number of phenols is 2. The van der Waals surface area contributed by atoms with Crippen LogP contribution in [-0.4, -0.2) is 71.8 Å². The number of aromatic nitrogens is 2. The summed E-state index contributed by atoms with van der Waals surface area (Å²) in [5, 5.41) is 48.0. The minimum absolute atomic E-state index is 0.0648. The number of benzene rings is 1. The SMILES string of the molecule is Nc1nc(C(=NOC(C(=O)O)c2ccc(O)c(O)c2)C(=O)N[C@@H]2C(=O)N3C(C(=O)[O-])=C(C[n+]4ccccc4)CS[C@H]23)cs1. The first-order valence-electron chi connectivity index (χ1n) is 12.4. The van der Waals surface area contributed by atoms with Crippen LogP contribution < -0.4 is 20.7 Å². The average Bonchev–Trinajstić information content (AvgIpc) is 3.41. The van der Waals surface area contributed by atoms with Gasteiger partial charge in [0.2, 0.25) is 6.10 Å². The number of carbonyl (C=O) groups is 4. The van der Waals surface area contributed by atoms with Crippen molar-refractivity contribution < 1.29 is 49.0 Å². The Balaban J connectivity index is 1.38. The number of phenolic OH excluding ortho intramolecular Hbond substituents is 2. The number of nitrogens with two attached hydrogens (primary N) is 1. The van der Waals surface area contributed by atoms with E-state index in [9.17, 15) is 39.6 Å². The Kier molecular flexibility index (Phi) is 8.18. The molecule has 15 nitrogen and oxygen atoms in total. The zero-order valence-electron chi connectivity index (χ0n) is 21.8. The van der Waals surface area contributed by atoms with Crippen molar-refractivity contribution in [3.8, 4) is 11.5 Å². The van der Waals surface area contributed by atoms with Crippen molar-refractivity contribution in [3.05, 3.63) is 76.7 Å². The second kappa shape index (κ2) is 12.0. The molecule has 4 heterocycles. The zero-order valence-corrected chi connectivity index (χ0v) is 23.4. The number of thiazole rings is 1. The van der Waals surface area contributed by atoms with Crippen molar-refractivity contribution in [2.45, 2.75) is 24.1 Å². The number of β-lactam (4-membered cyclic amide) rings is 1. The first kappa shape index (κ1) is 29.3. The third kappa shape index (κ3) is 5.93. The standard InChI is InChI=1S/C26H22N6O9S2/c27-26-28-14(11-43-26)17(30-41-20(25(39)40)12-4-5-15(33)16(34)8-12)21(35)29-18-22(36)32-19(24(37)38)13(10-42-23(18)32)9-31-6-2-1-3-7-31/h1-8,11,18,20,23H,9-10H2,(H6-,27,28,29,30,33,34,35,37,38,39,40)/t18-,20?,23-/m1/s1. The molecule has 1 unspecified atom stereocenters. The first-order valence-corrected chi connectivity index (χ1v) is 14.3. The fourth-order valence-corrected chi connectivity index (χ4v) is 6.30. The fourth-order valence-electron chi connectivity index (χ4n) is 4.42. The summed E-state index contributed by atoms with van der Waals surface area (Å²) in [4.78, 5) is 60.7. The number of nitrogens with one attached hydrogen (secondary N) is 1. The summed E-state index contributed by atoms with van der Waals surface area (Å²) in [6, 6.07) is 7.42. The summed E-state index contributed by atoms with van der Waals surface area (Å²) in [6.07, 6.45) is 1.70. The molecule has 3 atom stereocenters. The molecule has 0 bridgehead atoms. The number of oxime groups is 1. The fraction of sp³-hybridized carbons (Fsp3) is 0.192. The number of carbonyl (C=O) groups excluding carboxylic acids is 3. The zero-order chi connectivity index (χ0) is 30.8. The maximum Gasteiger partial charge on any atom is 0.352 e. The van der Waals surface area contributed by atoms with Crippen molar-refractivity contribution in [1.82, 2.24) is 15.2 Å². The van der Waals surface area contributed by atoms with E-state index in [2.05, 4.69) is 15.5 Å². The largest absolute Gasteiger partial charge is 0.543 e. The molecule has 3 aromatic rings. The smallest absolute Gasteiger partial charge is 0.352 e. The van der Waals surface area contributed by atoms with Crippen molar-refractivity contribution in [2.75, 3.05) is 11.5 Å². The van der Waals surface area contributed by atoms with Gasteiger partial charge in [0.15, 0.2) is 41.3 Å². The molecule has 2 aliphatic heterocycles.